The number of hydrogen-bond donors (Lipinski definition) is 0. The Bertz CT molecular complexity index is 942. The molecular weight excluding hydrogens is 380 g/mol. The van der Waals surface area contributed by atoms with E-state index in [2.05, 4.69) is 22.0 Å². The molecule has 0 aliphatic carbocycles. The maximum absolute atomic E-state index is 13.6. The van der Waals surface area contributed by atoms with Crippen LogP contribution in [0.25, 0.3) is 0 Å². The van der Waals surface area contributed by atoms with Crippen LogP contribution in [0.5, 0.6) is 0 Å². The number of morpholine rings is 1. The summed E-state index contributed by atoms with van der Waals surface area (Å²) >= 11 is 1.63. The van der Waals surface area contributed by atoms with Crippen LogP contribution < -0.4 is 4.90 Å². The number of benzene rings is 2. The lowest BCUT2D eigenvalue weighted by molar-refractivity contribution is 0.0392. The minimum absolute atomic E-state index is 0.341. The van der Waals surface area contributed by atoms with E-state index in [0.717, 1.165) is 22.7 Å². The van der Waals surface area contributed by atoms with Crippen LogP contribution in [0.4, 0.5) is 14.6 Å². The minimum atomic E-state index is -0.864. The summed E-state index contributed by atoms with van der Waals surface area (Å²) in [6, 6.07) is 14.1. The first-order valence-corrected chi connectivity index (χ1v) is 9.98. The first-order valence-electron chi connectivity index (χ1n) is 8.99. The van der Waals surface area contributed by atoms with Crippen LogP contribution in [0, 0.1) is 11.6 Å². The van der Waals surface area contributed by atoms with E-state index in [1.165, 1.54) is 11.6 Å². The molecule has 4 rings (SSSR count). The summed E-state index contributed by atoms with van der Waals surface area (Å²) in [6.45, 7) is 1.65. The normalized spacial score (nSPS) is 16.9. The van der Waals surface area contributed by atoms with Gasteiger partial charge in [0.25, 0.3) is 0 Å². The number of rotatable bonds is 5. The number of halogens is 2. The maximum Gasteiger partial charge on any atom is 0.159 e. The average molecular weight is 399 g/mol. The average Bonchev–Trinajstić information content (AvgIpc) is 2.75. The molecule has 1 aliphatic rings. The predicted molar refractivity (Wildman–Crippen MR) is 105 cm³/mol. The number of hydrogen-bond acceptors (Lipinski definition) is 5. The van der Waals surface area contributed by atoms with Crippen molar-refractivity contribution in [3.8, 4) is 0 Å². The van der Waals surface area contributed by atoms with Crippen molar-refractivity contribution in [1.29, 1.82) is 0 Å². The number of aromatic nitrogens is 2. The SMILES string of the molecule is Fc1ccc(C2CN(c3cncc(SCc4ccccc4)n3)CCO2)cc1F. The smallest absolute Gasteiger partial charge is 0.159 e. The van der Waals surface area contributed by atoms with E-state index >= 15 is 0 Å². The zero-order chi connectivity index (χ0) is 19.3. The molecule has 0 amide bonds. The molecule has 0 saturated carbocycles. The Balaban J connectivity index is 1.45. The third kappa shape index (κ3) is 4.48. The van der Waals surface area contributed by atoms with Gasteiger partial charge >= 0.3 is 0 Å². The van der Waals surface area contributed by atoms with E-state index in [0.29, 0.717) is 25.3 Å². The van der Waals surface area contributed by atoms with Gasteiger partial charge in [-0.3, -0.25) is 4.98 Å². The van der Waals surface area contributed by atoms with Crippen molar-refractivity contribution < 1.29 is 13.5 Å². The quantitative estimate of drug-likeness (QED) is 0.585. The van der Waals surface area contributed by atoms with E-state index in [9.17, 15) is 8.78 Å². The zero-order valence-electron chi connectivity index (χ0n) is 15.1. The van der Waals surface area contributed by atoms with Crippen LogP contribution in [0.2, 0.25) is 0 Å². The molecule has 1 aliphatic heterocycles. The van der Waals surface area contributed by atoms with Gasteiger partial charge in [0, 0.05) is 18.8 Å². The second-order valence-corrected chi connectivity index (χ2v) is 7.46. The number of ether oxygens (including phenoxy) is 1. The fraction of sp³-hybridized carbons (Fsp3) is 0.238. The monoisotopic (exact) mass is 399 g/mol. The Labute approximate surface area is 166 Å². The lowest BCUT2D eigenvalue weighted by Crippen LogP contribution is -2.39. The standard InChI is InChI=1S/C21H19F2N3OS/c22-17-7-6-16(10-18(17)23)19-13-26(8-9-27-19)20-11-24-12-21(25-20)28-14-15-4-2-1-3-5-15/h1-7,10-12,19H,8-9,13-14H2. The largest absolute Gasteiger partial charge is 0.370 e. The molecule has 1 saturated heterocycles. The van der Waals surface area contributed by atoms with Crippen LogP contribution in [0.1, 0.15) is 17.2 Å². The lowest BCUT2D eigenvalue weighted by atomic mass is 10.1. The Hall–Kier alpha value is -2.51. The van der Waals surface area contributed by atoms with Gasteiger partial charge in [-0.15, -0.1) is 11.8 Å². The van der Waals surface area contributed by atoms with Crippen LogP contribution in [0.3, 0.4) is 0 Å². The number of anilines is 1. The molecule has 1 unspecified atom stereocenters. The molecule has 3 aromatic rings. The van der Waals surface area contributed by atoms with Crippen molar-refractivity contribution in [1.82, 2.24) is 9.97 Å². The van der Waals surface area contributed by atoms with Crippen LogP contribution >= 0.6 is 11.8 Å². The van der Waals surface area contributed by atoms with Gasteiger partial charge in [-0.25, -0.2) is 13.8 Å². The molecule has 2 heterocycles. The Morgan fingerprint density at radius 3 is 2.75 bits per heavy atom. The highest BCUT2D eigenvalue weighted by Gasteiger charge is 2.24. The van der Waals surface area contributed by atoms with Crippen molar-refractivity contribution in [3.05, 3.63) is 83.7 Å². The highest BCUT2D eigenvalue weighted by Crippen LogP contribution is 2.27. The van der Waals surface area contributed by atoms with E-state index in [1.807, 2.05) is 18.2 Å². The highest BCUT2D eigenvalue weighted by molar-refractivity contribution is 7.98. The third-order valence-electron chi connectivity index (χ3n) is 4.54. The topological polar surface area (TPSA) is 38.2 Å². The molecule has 1 aromatic heterocycles. The van der Waals surface area contributed by atoms with Crippen molar-refractivity contribution in [2.75, 3.05) is 24.6 Å². The van der Waals surface area contributed by atoms with Gasteiger partial charge in [-0.1, -0.05) is 36.4 Å². The van der Waals surface area contributed by atoms with Gasteiger partial charge in [-0.2, -0.15) is 0 Å². The molecule has 28 heavy (non-hydrogen) atoms. The second kappa shape index (κ2) is 8.67. The van der Waals surface area contributed by atoms with Gasteiger partial charge < -0.3 is 9.64 Å². The summed E-state index contributed by atoms with van der Waals surface area (Å²) in [7, 11) is 0. The lowest BCUT2D eigenvalue weighted by Gasteiger charge is -2.33. The molecule has 7 heteroatoms. The summed E-state index contributed by atoms with van der Waals surface area (Å²) in [5.41, 5.74) is 1.84. The van der Waals surface area contributed by atoms with E-state index in [1.54, 1.807) is 30.2 Å². The molecule has 0 N–H and O–H groups in total. The minimum Gasteiger partial charge on any atom is -0.370 e. The molecule has 1 fully saturated rings. The molecule has 4 nitrogen and oxygen atoms in total. The summed E-state index contributed by atoms with van der Waals surface area (Å²) in [4.78, 5) is 11.1. The molecule has 2 aromatic carbocycles. The Kier molecular flexibility index (Phi) is 5.83. The van der Waals surface area contributed by atoms with E-state index in [4.69, 9.17) is 9.72 Å². The molecule has 0 radical (unpaired) electrons. The molecule has 0 spiro atoms. The number of thioether (sulfide) groups is 1. The Morgan fingerprint density at radius 1 is 1.07 bits per heavy atom. The molecular formula is C21H19F2N3OS. The van der Waals surface area contributed by atoms with Crippen molar-refractivity contribution >= 4 is 17.6 Å². The fourth-order valence-corrected chi connectivity index (χ4v) is 3.86. The fourth-order valence-electron chi connectivity index (χ4n) is 3.06. The van der Waals surface area contributed by atoms with Gasteiger partial charge in [0.15, 0.2) is 11.6 Å². The van der Waals surface area contributed by atoms with Crippen molar-refractivity contribution in [2.24, 2.45) is 0 Å². The third-order valence-corrected chi connectivity index (χ3v) is 5.51. The van der Waals surface area contributed by atoms with Crippen molar-refractivity contribution in [2.45, 2.75) is 16.9 Å². The summed E-state index contributed by atoms with van der Waals surface area (Å²) < 4.78 is 32.5. The first kappa shape index (κ1) is 18.8. The van der Waals surface area contributed by atoms with E-state index in [-0.39, 0.29) is 6.10 Å². The zero-order valence-corrected chi connectivity index (χ0v) is 15.9. The summed E-state index contributed by atoms with van der Waals surface area (Å²) in [6.07, 6.45) is 3.14. The van der Waals surface area contributed by atoms with Gasteiger partial charge in [0.1, 0.15) is 16.9 Å². The molecule has 1 atom stereocenters. The van der Waals surface area contributed by atoms with Crippen LogP contribution in [0.15, 0.2) is 66.0 Å². The number of nitrogens with zero attached hydrogens (tertiary/aromatic N) is 3. The molecule has 144 valence electrons. The second-order valence-electron chi connectivity index (χ2n) is 6.47. The highest BCUT2D eigenvalue weighted by atomic mass is 32.2. The van der Waals surface area contributed by atoms with Crippen molar-refractivity contribution in [3.63, 3.8) is 0 Å². The van der Waals surface area contributed by atoms with Crippen LogP contribution in [-0.2, 0) is 10.5 Å². The molecule has 0 bridgehead atoms. The summed E-state index contributed by atoms with van der Waals surface area (Å²) in [5, 5.41) is 0.845. The van der Waals surface area contributed by atoms with E-state index < -0.39 is 11.6 Å². The summed E-state index contributed by atoms with van der Waals surface area (Å²) in [5.74, 6) is -0.142. The van der Waals surface area contributed by atoms with Gasteiger partial charge in [-0.05, 0) is 23.3 Å². The van der Waals surface area contributed by atoms with Crippen LogP contribution in [-0.4, -0.2) is 29.7 Å². The van der Waals surface area contributed by atoms with Gasteiger partial charge in [0.2, 0.25) is 0 Å². The predicted octanol–water partition coefficient (Wildman–Crippen LogP) is 4.63. The van der Waals surface area contributed by atoms with Gasteiger partial charge in [0.05, 0.1) is 19.0 Å². The first-order chi connectivity index (χ1) is 13.7. The Morgan fingerprint density at radius 2 is 1.93 bits per heavy atom. The maximum atomic E-state index is 13.6.